The Kier molecular flexibility index (Phi) is 5.04. The molecule has 0 saturated carbocycles. The van der Waals surface area contributed by atoms with Gasteiger partial charge in [0.2, 0.25) is 0 Å². The number of hydrogen-bond donors (Lipinski definition) is 2. The van der Waals surface area contributed by atoms with Crippen LogP contribution in [0.1, 0.15) is 29.5 Å². The number of piperidine rings is 1. The van der Waals surface area contributed by atoms with E-state index in [9.17, 15) is 13.2 Å². The van der Waals surface area contributed by atoms with Crippen molar-refractivity contribution >= 4 is 0 Å². The number of aromatic amines is 1. The highest BCUT2D eigenvalue weighted by Gasteiger charge is 2.31. The Morgan fingerprint density at radius 3 is 2.39 bits per heavy atom. The minimum absolute atomic E-state index is 0.200. The van der Waals surface area contributed by atoms with Crippen molar-refractivity contribution in [1.29, 1.82) is 0 Å². The number of hydrogen-bond acceptors (Lipinski definition) is 4. The predicted molar refractivity (Wildman–Crippen MR) is 97.9 cm³/mol. The zero-order valence-electron chi connectivity index (χ0n) is 14.9. The van der Waals surface area contributed by atoms with Crippen LogP contribution in [0, 0.1) is 0 Å². The molecule has 1 aliphatic heterocycles. The van der Waals surface area contributed by atoms with Gasteiger partial charge >= 0.3 is 6.36 Å². The van der Waals surface area contributed by atoms with Crippen molar-refractivity contribution in [2.24, 2.45) is 0 Å². The molecular weight excluding hydrogens is 369 g/mol. The summed E-state index contributed by atoms with van der Waals surface area (Å²) in [5.41, 5.74) is 3.90. The third-order valence-electron chi connectivity index (χ3n) is 4.95. The fourth-order valence-electron chi connectivity index (χ4n) is 3.59. The first-order valence-corrected chi connectivity index (χ1v) is 9.00. The molecule has 28 heavy (non-hydrogen) atoms. The number of ether oxygens (including phenoxy) is 1. The SMILES string of the molecule is FC(F)(F)Oc1ccc(C2CNCC(c3cc(-c4ccncc4)n[nH]3)C2)cc1. The Balaban J connectivity index is 1.45. The smallest absolute Gasteiger partial charge is 0.406 e. The fraction of sp³-hybridized carbons (Fsp3) is 0.300. The van der Waals surface area contributed by atoms with Gasteiger partial charge in [-0.25, -0.2) is 0 Å². The average Bonchev–Trinajstić information content (AvgIpc) is 3.18. The van der Waals surface area contributed by atoms with Crippen molar-refractivity contribution in [2.45, 2.75) is 24.6 Å². The molecule has 3 heterocycles. The quantitative estimate of drug-likeness (QED) is 0.702. The number of H-pyrrole nitrogens is 1. The first kappa shape index (κ1) is 18.5. The van der Waals surface area contributed by atoms with Crippen LogP contribution in [0.25, 0.3) is 11.3 Å². The van der Waals surface area contributed by atoms with E-state index in [0.29, 0.717) is 0 Å². The third-order valence-corrected chi connectivity index (χ3v) is 4.95. The Labute approximate surface area is 160 Å². The van der Waals surface area contributed by atoms with Gasteiger partial charge in [-0.3, -0.25) is 10.1 Å². The second-order valence-electron chi connectivity index (χ2n) is 6.85. The van der Waals surface area contributed by atoms with Gasteiger partial charge in [0.25, 0.3) is 0 Å². The number of halogens is 3. The molecule has 0 bridgehead atoms. The Hall–Kier alpha value is -2.87. The van der Waals surface area contributed by atoms with Crippen LogP contribution in [0.4, 0.5) is 13.2 Å². The van der Waals surface area contributed by atoms with E-state index in [-0.39, 0.29) is 17.6 Å². The molecule has 5 nitrogen and oxygen atoms in total. The largest absolute Gasteiger partial charge is 0.573 e. The highest BCUT2D eigenvalue weighted by Crippen LogP contribution is 2.34. The van der Waals surface area contributed by atoms with Crippen molar-refractivity contribution in [3.05, 3.63) is 66.1 Å². The van der Waals surface area contributed by atoms with Crippen LogP contribution >= 0.6 is 0 Å². The minimum Gasteiger partial charge on any atom is -0.406 e. The molecule has 3 aromatic rings. The molecule has 2 atom stereocenters. The lowest BCUT2D eigenvalue weighted by molar-refractivity contribution is -0.274. The van der Waals surface area contributed by atoms with E-state index in [1.165, 1.54) is 12.1 Å². The van der Waals surface area contributed by atoms with Gasteiger partial charge in [-0.1, -0.05) is 12.1 Å². The number of aromatic nitrogens is 3. The molecule has 0 spiro atoms. The molecule has 2 unspecified atom stereocenters. The van der Waals surface area contributed by atoms with Crippen molar-refractivity contribution in [3.8, 4) is 17.0 Å². The summed E-state index contributed by atoms with van der Waals surface area (Å²) in [4.78, 5) is 4.02. The molecular formula is C20H19F3N4O. The Morgan fingerprint density at radius 1 is 0.964 bits per heavy atom. The molecule has 1 aliphatic rings. The highest BCUT2D eigenvalue weighted by atomic mass is 19.4. The maximum Gasteiger partial charge on any atom is 0.573 e. The van der Waals surface area contributed by atoms with Crippen LogP contribution < -0.4 is 10.1 Å². The van der Waals surface area contributed by atoms with Crippen LogP contribution in [0.15, 0.2) is 54.9 Å². The molecule has 1 aromatic carbocycles. The Morgan fingerprint density at radius 2 is 1.68 bits per heavy atom. The Bertz CT molecular complexity index is 909. The molecule has 0 aliphatic carbocycles. The lowest BCUT2D eigenvalue weighted by Gasteiger charge is -2.29. The van der Waals surface area contributed by atoms with Gasteiger partial charge in [0, 0.05) is 42.7 Å². The third kappa shape index (κ3) is 4.33. The van der Waals surface area contributed by atoms with Gasteiger partial charge in [0.05, 0.1) is 5.69 Å². The molecule has 2 N–H and O–H groups in total. The van der Waals surface area contributed by atoms with E-state index in [2.05, 4.69) is 25.2 Å². The van der Waals surface area contributed by atoms with Crippen LogP contribution in [-0.2, 0) is 0 Å². The standard InChI is InChI=1S/C20H19F3N4O/c21-20(22,23)28-17-3-1-13(2-4-17)15-9-16(12-25-11-15)19-10-18(26-27-19)14-5-7-24-8-6-14/h1-8,10,15-16,25H,9,11-12H2,(H,26,27). The summed E-state index contributed by atoms with van der Waals surface area (Å²) in [6.07, 6.45) is -0.335. The maximum absolute atomic E-state index is 12.3. The van der Waals surface area contributed by atoms with E-state index in [1.807, 2.05) is 18.2 Å². The van der Waals surface area contributed by atoms with Crippen LogP contribution in [-0.4, -0.2) is 34.6 Å². The van der Waals surface area contributed by atoms with E-state index >= 15 is 0 Å². The minimum atomic E-state index is -4.67. The van der Waals surface area contributed by atoms with Gasteiger partial charge in [0.15, 0.2) is 0 Å². The number of nitrogens with zero attached hydrogens (tertiary/aromatic N) is 2. The van der Waals surface area contributed by atoms with Gasteiger partial charge in [-0.15, -0.1) is 13.2 Å². The van der Waals surface area contributed by atoms with Gasteiger partial charge in [-0.2, -0.15) is 5.10 Å². The lowest BCUT2D eigenvalue weighted by Crippen LogP contribution is -2.34. The number of benzene rings is 1. The van der Waals surface area contributed by atoms with Crippen molar-refractivity contribution < 1.29 is 17.9 Å². The first-order chi connectivity index (χ1) is 13.5. The highest BCUT2D eigenvalue weighted by molar-refractivity contribution is 5.58. The van der Waals surface area contributed by atoms with Crippen LogP contribution in [0.2, 0.25) is 0 Å². The molecule has 0 amide bonds. The normalized spacial score (nSPS) is 20.1. The summed E-state index contributed by atoms with van der Waals surface area (Å²) in [5, 5.41) is 10.9. The fourth-order valence-corrected chi connectivity index (χ4v) is 3.59. The number of rotatable bonds is 4. The zero-order valence-corrected chi connectivity index (χ0v) is 14.9. The van der Waals surface area contributed by atoms with Gasteiger partial charge < -0.3 is 10.1 Å². The van der Waals surface area contributed by atoms with E-state index in [1.54, 1.807) is 24.5 Å². The van der Waals surface area contributed by atoms with Crippen LogP contribution in [0.5, 0.6) is 5.75 Å². The molecule has 4 rings (SSSR count). The topological polar surface area (TPSA) is 62.8 Å². The summed E-state index contributed by atoms with van der Waals surface area (Å²) in [5.74, 6) is 0.242. The second kappa shape index (κ2) is 7.63. The summed E-state index contributed by atoms with van der Waals surface area (Å²) >= 11 is 0. The molecule has 0 radical (unpaired) electrons. The molecule has 1 fully saturated rings. The number of nitrogens with one attached hydrogen (secondary N) is 2. The van der Waals surface area contributed by atoms with Gasteiger partial charge in [-0.05, 0) is 48.2 Å². The first-order valence-electron chi connectivity index (χ1n) is 9.00. The maximum atomic E-state index is 12.3. The molecule has 2 aromatic heterocycles. The summed E-state index contributed by atoms with van der Waals surface area (Å²) in [6, 6.07) is 12.0. The number of alkyl halides is 3. The van der Waals surface area contributed by atoms with E-state index in [0.717, 1.165) is 42.0 Å². The van der Waals surface area contributed by atoms with Crippen LogP contribution in [0.3, 0.4) is 0 Å². The summed E-state index contributed by atoms with van der Waals surface area (Å²) < 4.78 is 40.9. The summed E-state index contributed by atoms with van der Waals surface area (Å²) in [7, 11) is 0. The second-order valence-corrected chi connectivity index (χ2v) is 6.85. The monoisotopic (exact) mass is 388 g/mol. The van der Waals surface area contributed by atoms with E-state index < -0.39 is 6.36 Å². The van der Waals surface area contributed by atoms with E-state index in [4.69, 9.17) is 0 Å². The van der Waals surface area contributed by atoms with Crippen molar-refractivity contribution in [1.82, 2.24) is 20.5 Å². The lowest BCUT2D eigenvalue weighted by atomic mass is 9.84. The van der Waals surface area contributed by atoms with Gasteiger partial charge in [0.1, 0.15) is 5.75 Å². The molecule has 8 heteroatoms. The number of pyridine rings is 1. The van der Waals surface area contributed by atoms with Crippen molar-refractivity contribution in [2.75, 3.05) is 13.1 Å². The summed E-state index contributed by atoms with van der Waals surface area (Å²) in [6.45, 7) is 1.60. The molecule has 146 valence electrons. The molecule has 1 saturated heterocycles. The average molecular weight is 388 g/mol. The zero-order chi connectivity index (χ0) is 19.6. The van der Waals surface area contributed by atoms with Crippen molar-refractivity contribution in [3.63, 3.8) is 0 Å². The predicted octanol–water partition coefficient (Wildman–Crippen LogP) is 4.23.